The van der Waals surface area contributed by atoms with E-state index in [2.05, 4.69) is 50.5 Å². The molecule has 6 heteroatoms. The highest BCUT2D eigenvalue weighted by atomic mass is 16.5. The molecule has 5 rings (SSSR count). The van der Waals surface area contributed by atoms with E-state index in [1.54, 1.807) is 4.68 Å². The van der Waals surface area contributed by atoms with E-state index >= 15 is 0 Å². The highest BCUT2D eigenvalue weighted by Gasteiger charge is 2.47. The van der Waals surface area contributed by atoms with Crippen LogP contribution in [0, 0.1) is 12.3 Å². The summed E-state index contributed by atoms with van der Waals surface area (Å²) in [7, 11) is 1.92. The lowest BCUT2D eigenvalue weighted by atomic mass is 9.61. The standard InChI is InChI=1S/C24H29N5O/c1-18-21(17-28(2)27-18)22-8-9-23(26-25-22)30-20-14-24(15-20)10-12-29(13-11-24)16-19-6-4-3-5-7-19/h3-9,17,20H,10-16H2,1-2H3. The normalized spacial score (nSPS) is 19.0. The Morgan fingerprint density at radius 2 is 1.80 bits per heavy atom. The third kappa shape index (κ3) is 3.97. The van der Waals surface area contributed by atoms with Crippen molar-refractivity contribution in [3.63, 3.8) is 0 Å². The molecule has 1 saturated heterocycles. The van der Waals surface area contributed by atoms with Crippen molar-refractivity contribution in [1.82, 2.24) is 24.9 Å². The van der Waals surface area contributed by atoms with Gasteiger partial charge in [-0.25, -0.2) is 0 Å². The molecule has 0 amide bonds. The van der Waals surface area contributed by atoms with Crippen LogP contribution in [0.2, 0.25) is 0 Å². The minimum Gasteiger partial charge on any atom is -0.473 e. The lowest BCUT2D eigenvalue weighted by molar-refractivity contribution is -0.0583. The van der Waals surface area contributed by atoms with Gasteiger partial charge in [-0.05, 0) is 62.7 Å². The lowest BCUT2D eigenvalue weighted by Gasteiger charge is -2.51. The van der Waals surface area contributed by atoms with Crippen LogP contribution in [0.4, 0.5) is 0 Å². The predicted molar refractivity (Wildman–Crippen MR) is 116 cm³/mol. The Hall–Kier alpha value is -2.73. The van der Waals surface area contributed by atoms with Gasteiger partial charge >= 0.3 is 0 Å². The van der Waals surface area contributed by atoms with Crippen molar-refractivity contribution in [3.8, 4) is 17.1 Å². The van der Waals surface area contributed by atoms with Gasteiger partial charge in [-0.2, -0.15) is 5.10 Å². The maximum absolute atomic E-state index is 6.12. The summed E-state index contributed by atoms with van der Waals surface area (Å²) in [6.07, 6.45) is 7.05. The lowest BCUT2D eigenvalue weighted by Crippen LogP contribution is -2.50. The number of benzene rings is 1. The third-order valence-electron chi connectivity index (χ3n) is 6.70. The van der Waals surface area contributed by atoms with E-state index in [4.69, 9.17) is 4.74 Å². The molecule has 1 saturated carbocycles. The fourth-order valence-corrected chi connectivity index (χ4v) is 4.97. The second kappa shape index (κ2) is 7.84. The topological polar surface area (TPSA) is 56.1 Å². The molecule has 156 valence electrons. The monoisotopic (exact) mass is 403 g/mol. The number of aryl methyl sites for hydroxylation is 2. The van der Waals surface area contributed by atoms with Crippen molar-refractivity contribution in [2.45, 2.75) is 45.3 Å². The molecule has 3 aromatic rings. The molecule has 0 unspecified atom stereocenters. The molecule has 0 atom stereocenters. The molecule has 1 aromatic carbocycles. The Labute approximate surface area is 177 Å². The van der Waals surface area contributed by atoms with Crippen molar-refractivity contribution in [1.29, 1.82) is 0 Å². The Kier molecular flexibility index (Phi) is 5.03. The van der Waals surface area contributed by atoms with Crippen LogP contribution >= 0.6 is 0 Å². The van der Waals surface area contributed by atoms with Gasteiger partial charge in [0.2, 0.25) is 5.88 Å². The van der Waals surface area contributed by atoms with Crippen LogP contribution < -0.4 is 4.74 Å². The molecule has 1 aliphatic heterocycles. The first-order valence-corrected chi connectivity index (χ1v) is 10.9. The SMILES string of the molecule is Cc1nn(C)cc1-c1ccc(OC2CC3(CCN(Cc4ccccc4)CC3)C2)nn1. The van der Waals surface area contributed by atoms with Crippen molar-refractivity contribution in [3.05, 3.63) is 59.9 Å². The fourth-order valence-electron chi connectivity index (χ4n) is 4.97. The van der Waals surface area contributed by atoms with Crippen molar-refractivity contribution >= 4 is 0 Å². The van der Waals surface area contributed by atoms with Crippen LogP contribution in [-0.2, 0) is 13.6 Å². The van der Waals surface area contributed by atoms with E-state index in [9.17, 15) is 0 Å². The number of likely N-dealkylation sites (tertiary alicyclic amines) is 1. The molecule has 0 radical (unpaired) electrons. The highest BCUT2D eigenvalue weighted by molar-refractivity contribution is 5.60. The first-order valence-electron chi connectivity index (χ1n) is 10.9. The minimum atomic E-state index is 0.269. The summed E-state index contributed by atoms with van der Waals surface area (Å²) < 4.78 is 7.92. The quantitative estimate of drug-likeness (QED) is 0.644. The van der Waals surface area contributed by atoms with Gasteiger partial charge in [-0.1, -0.05) is 30.3 Å². The maximum Gasteiger partial charge on any atom is 0.233 e. The fraction of sp³-hybridized carbons (Fsp3) is 0.458. The van der Waals surface area contributed by atoms with Crippen molar-refractivity contribution in [2.24, 2.45) is 12.5 Å². The molecule has 2 fully saturated rings. The van der Waals surface area contributed by atoms with E-state index in [-0.39, 0.29) is 6.10 Å². The highest BCUT2D eigenvalue weighted by Crippen LogP contribution is 2.50. The van der Waals surface area contributed by atoms with E-state index < -0.39 is 0 Å². The van der Waals surface area contributed by atoms with E-state index in [0.717, 1.165) is 36.3 Å². The summed E-state index contributed by atoms with van der Waals surface area (Å²) >= 11 is 0. The summed E-state index contributed by atoms with van der Waals surface area (Å²) in [4.78, 5) is 2.58. The van der Waals surface area contributed by atoms with Gasteiger partial charge in [0.25, 0.3) is 0 Å². The Morgan fingerprint density at radius 1 is 1.03 bits per heavy atom. The number of piperidine rings is 1. The molecule has 2 aromatic heterocycles. The van der Waals surface area contributed by atoms with Gasteiger partial charge in [0.15, 0.2) is 0 Å². The molecule has 0 N–H and O–H groups in total. The molecule has 30 heavy (non-hydrogen) atoms. The van der Waals surface area contributed by atoms with Crippen molar-refractivity contribution < 1.29 is 4.74 Å². The van der Waals surface area contributed by atoms with Gasteiger partial charge in [-0.3, -0.25) is 9.58 Å². The van der Waals surface area contributed by atoms with E-state index in [0.29, 0.717) is 11.3 Å². The van der Waals surface area contributed by atoms with Gasteiger partial charge in [0, 0.05) is 31.4 Å². The van der Waals surface area contributed by atoms with Gasteiger partial charge in [-0.15, -0.1) is 10.2 Å². The Morgan fingerprint density at radius 3 is 2.43 bits per heavy atom. The van der Waals surface area contributed by atoms with Crippen LogP contribution in [0.15, 0.2) is 48.7 Å². The van der Waals surface area contributed by atoms with E-state index in [1.165, 1.54) is 31.5 Å². The molecule has 2 aliphatic rings. The average molecular weight is 404 g/mol. The van der Waals surface area contributed by atoms with Crippen LogP contribution in [0.1, 0.15) is 36.9 Å². The minimum absolute atomic E-state index is 0.269. The van der Waals surface area contributed by atoms with Gasteiger partial charge in [0.1, 0.15) is 6.10 Å². The number of rotatable bonds is 5. The first kappa shape index (κ1) is 19.2. The number of hydrogen-bond donors (Lipinski definition) is 0. The second-order valence-electron chi connectivity index (χ2n) is 8.97. The zero-order chi connectivity index (χ0) is 20.6. The smallest absolute Gasteiger partial charge is 0.233 e. The molecule has 1 aliphatic carbocycles. The molecule has 0 bridgehead atoms. The zero-order valence-electron chi connectivity index (χ0n) is 17.8. The number of nitrogens with zero attached hydrogens (tertiary/aromatic N) is 5. The number of aromatic nitrogens is 4. The maximum atomic E-state index is 6.12. The Balaban J connectivity index is 1.11. The summed E-state index contributed by atoms with van der Waals surface area (Å²) in [6, 6.07) is 14.7. The van der Waals surface area contributed by atoms with Gasteiger partial charge in [0.05, 0.1) is 11.4 Å². The second-order valence-corrected chi connectivity index (χ2v) is 8.97. The number of ether oxygens (including phenoxy) is 1. The van der Waals surface area contributed by atoms with Crippen LogP contribution in [0.5, 0.6) is 5.88 Å². The molecule has 3 heterocycles. The Bertz CT molecular complexity index is 982. The third-order valence-corrected chi connectivity index (χ3v) is 6.70. The molecule has 6 nitrogen and oxygen atoms in total. The van der Waals surface area contributed by atoms with Crippen LogP contribution in [0.3, 0.4) is 0 Å². The predicted octanol–water partition coefficient (Wildman–Crippen LogP) is 4.01. The number of hydrogen-bond acceptors (Lipinski definition) is 5. The summed E-state index contributed by atoms with van der Waals surface area (Å²) in [6.45, 7) is 5.41. The molecule has 1 spiro atoms. The summed E-state index contributed by atoms with van der Waals surface area (Å²) in [5.41, 5.74) is 4.69. The van der Waals surface area contributed by atoms with Gasteiger partial charge < -0.3 is 4.74 Å². The van der Waals surface area contributed by atoms with Crippen LogP contribution in [-0.4, -0.2) is 44.1 Å². The van der Waals surface area contributed by atoms with Crippen molar-refractivity contribution in [2.75, 3.05) is 13.1 Å². The largest absolute Gasteiger partial charge is 0.473 e. The summed E-state index contributed by atoms with van der Waals surface area (Å²) in [5.74, 6) is 0.627. The first-order chi connectivity index (χ1) is 14.6. The van der Waals surface area contributed by atoms with Crippen LogP contribution in [0.25, 0.3) is 11.3 Å². The van der Waals surface area contributed by atoms with E-state index in [1.807, 2.05) is 32.3 Å². The molecular formula is C24H29N5O. The average Bonchev–Trinajstić information content (AvgIpc) is 3.08. The molecular weight excluding hydrogens is 374 g/mol. The zero-order valence-corrected chi connectivity index (χ0v) is 17.8. The summed E-state index contributed by atoms with van der Waals surface area (Å²) in [5, 5.41) is 13.0.